The van der Waals surface area contributed by atoms with Crippen LogP contribution in [0, 0.1) is 0 Å². The Morgan fingerprint density at radius 1 is 1.23 bits per heavy atom. The minimum absolute atomic E-state index is 0.175. The Bertz CT molecular complexity index is 1370. The van der Waals surface area contributed by atoms with Crippen LogP contribution in [0.25, 0.3) is 28.4 Å². The van der Waals surface area contributed by atoms with E-state index in [2.05, 4.69) is 15.1 Å². The van der Waals surface area contributed by atoms with Gasteiger partial charge in [-0.05, 0) is 37.5 Å². The fourth-order valence-electron chi connectivity index (χ4n) is 3.85. The van der Waals surface area contributed by atoms with Gasteiger partial charge in [0.15, 0.2) is 17.3 Å². The van der Waals surface area contributed by atoms with Crippen LogP contribution in [-0.4, -0.2) is 52.1 Å². The third kappa shape index (κ3) is 2.88. The minimum Gasteiger partial charge on any atom is -0.489 e. The Labute approximate surface area is 175 Å². The van der Waals surface area contributed by atoms with Gasteiger partial charge in [0, 0.05) is 13.1 Å². The van der Waals surface area contributed by atoms with Crippen molar-refractivity contribution in [3.63, 3.8) is 0 Å². The van der Waals surface area contributed by atoms with E-state index in [1.54, 1.807) is 11.0 Å². The molecule has 1 fully saturated rings. The molecule has 11 heteroatoms. The molecule has 0 bridgehead atoms. The van der Waals surface area contributed by atoms with E-state index in [0.717, 1.165) is 30.5 Å². The van der Waals surface area contributed by atoms with Crippen molar-refractivity contribution in [1.29, 1.82) is 0 Å². The van der Waals surface area contributed by atoms with Crippen LogP contribution in [0.15, 0.2) is 35.6 Å². The molecule has 5 rings (SSSR count). The largest absolute Gasteiger partial charge is 0.489 e. The third-order valence-corrected chi connectivity index (χ3v) is 5.65. The zero-order valence-corrected chi connectivity index (χ0v) is 16.9. The summed E-state index contributed by atoms with van der Waals surface area (Å²) >= 11 is 0. The molecule has 1 saturated carbocycles. The second kappa shape index (κ2) is 7.04. The molecule has 0 amide bonds. The van der Waals surface area contributed by atoms with Crippen molar-refractivity contribution < 1.29 is 14.6 Å². The quantitative estimate of drug-likeness (QED) is 0.516. The van der Waals surface area contributed by atoms with Gasteiger partial charge in [0.2, 0.25) is 5.75 Å². The van der Waals surface area contributed by atoms with Crippen LogP contribution in [-0.2, 0) is 7.05 Å². The first kappa shape index (κ1) is 19.0. The minimum atomic E-state index is -1.34. The SMILES string of the molecule is COc1c(C(=O)O)nc(-c2nc3ccc(-n4cncn4)cc3n2C2CCC2)n(C)c1=O. The number of fused-ring (bicyclic) bond motifs is 1. The Morgan fingerprint density at radius 2 is 2.03 bits per heavy atom. The van der Waals surface area contributed by atoms with Gasteiger partial charge < -0.3 is 14.4 Å². The molecule has 1 aromatic carbocycles. The maximum absolute atomic E-state index is 12.8. The van der Waals surface area contributed by atoms with Gasteiger partial charge in [-0.3, -0.25) is 9.36 Å². The first-order valence-electron chi connectivity index (χ1n) is 9.75. The van der Waals surface area contributed by atoms with E-state index in [-0.39, 0.29) is 17.6 Å². The third-order valence-electron chi connectivity index (χ3n) is 5.65. The zero-order valence-electron chi connectivity index (χ0n) is 16.9. The van der Waals surface area contributed by atoms with Crippen molar-refractivity contribution in [3.8, 4) is 23.1 Å². The molecule has 0 atom stereocenters. The van der Waals surface area contributed by atoms with Crippen LogP contribution in [0.3, 0.4) is 0 Å². The highest BCUT2D eigenvalue weighted by molar-refractivity contribution is 5.89. The number of carboxylic acids is 1. The lowest BCUT2D eigenvalue weighted by atomic mass is 9.92. The predicted octanol–water partition coefficient (Wildman–Crippen LogP) is 1.81. The number of methoxy groups -OCH3 is 1. The lowest BCUT2D eigenvalue weighted by Gasteiger charge is -2.29. The summed E-state index contributed by atoms with van der Waals surface area (Å²) in [4.78, 5) is 37.5. The van der Waals surface area contributed by atoms with E-state index >= 15 is 0 Å². The number of hydrogen-bond acceptors (Lipinski definition) is 7. The highest BCUT2D eigenvalue weighted by Gasteiger charge is 2.29. The van der Waals surface area contributed by atoms with Crippen LogP contribution in [0.5, 0.6) is 5.75 Å². The zero-order chi connectivity index (χ0) is 21.7. The van der Waals surface area contributed by atoms with Gasteiger partial charge in [-0.15, -0.1) is 0 Å². The molecule has 4 aromatic rings. The van der Waals surface area contributed by atoms with Gasteiger partial charge >= 0.3 is 5.97 Å². The van der Waals surface area contributed by atoms with Gasteiger partial charge in [0.25, 0.3) is 5.56 Å². The summed E-state index contributed by atoms with van der Waals surface area (Å²) in [5, 5.41) is 13.7. The molecule has 0 aliphatic heterocycles. The number of benzene rings is 1. The standard InChI is InChI=1S/C20H19N7O4/c1-25-17(24-15(20(29)30)16(31-2)19(25)28)18-23-13-7-6-12(26-10-21-9-22-26)8-14(13)27(18)11-4-3-5-11/h6-11H,3-5H2,1-2H3,(H,29,30). The fourth-order valence-corrected chi connectivity index (χ4v) is 3.85. The first-order chi connectivity index (χ1) is 15.0. The Morgan fingerprint density at radius 3 is 2.65 bits per heavy atom. The van der Waals surface area contributed by atoms with Crippen molar-refractivity contribution in [3.05, 3.63) is 46.9 Å². The van der Waals surface area contributed by atoms with Gasteiger partial charge in [-0.1, -0.05) is 0 Å². The maximum Gasteiger partial charge on any atom is 0.358 e. The summed E-state index contributed by atoms with van der Waals surface area (Å²) in [5.41, 5.74) is 1.37. The first-order valence-corrected chi connectivity index (χ1v) is 9.75. The van der Waals surface area contributed by atoms with Crippen molar-refractivity contribution >= 4 is 17.0 Å². The average molecular weight is 421 g/mol. The van der Waals surface area contributed by atoms with Gasteiger partial charge in [-0.2, -0.15) is 5.10 Å². The summed E-state index contributed by atoms with van der Waals surface area (Å²) in [7, 11) is 2.78. The smallest absolute Gasteiger partial charge is 0.358 e. The number of aromatic nitrogens is 7. The van der Waals surface area contributed by atoms with Crippen LogP contribution in [0.4, 0.5) is 0 Å². The summed E-state index contributed by atoms with van der Waals surface area (Å²) in [6, 6.07) is 5.88. The Kier molecular flexibility index (Phi) is 4.31. The number of aromatic carboxylic acids is 1. The molecule has 0 spiro atoms. The second-order valence-corrected chi connectivity index (χ2v) is 7.39. The highest BCUT2D eigenvalue weighted by atomic mass is 16.5. The molecule has 158 valence electrons. The second-order valence-electron chi connectivity index (χ2n) is 7.39. The summed E-state index contributed by atoms with van der Waals surface area (Å²) < 4.78 is 9.99. The van der Waals surface area contributed by atoms with Crippen molar-refractivity contribution in [1.82, 2.24) is 33.9 Å². The van der Waals surface area contributed by atoms with Crippen molar-refractivity contribution in [2.24, 2.45) is 7.05 Å². The van der Waals surface area contributed by atoms with Crippen LogP contribution in [0.2, 0.25) is 0 Å². The van der Waals surface area contributed by atoms with E-state index < -0.39 is 17.2 Å². The summed E-state index contributed by atoms with van der Waals surface area (Å²) in [5.74, 6) is -1.03. The Hall–Kier alpha value is -4.02. The lowest BCUT2D eigenvalue weighted by Crippen LogP contribution is -2.27. The molecule has 3 heterocycles. The van der Waals surface area contributed by atoms with Crippen molar-refractivity contribution in [2.45, 2.75) is 25.3 Å². The van der Waals surface area contributed by atoms with Gasteiger partial charge in [0.1, 0.15) is 12.7 Å². The van der Waals surface area contributed by atoms with E-state index in [0.29, 0.717) is 11.3 Å². The molecular weight excluding hydrogens is 402 g/mol. The lowest BCUT2D eigenvalue weighted by molar-refractivity contribution is 0.0686. The van der Waals surface area contributed by atoms with Gasteiger partial charge in [0.05, 0.1) is 23.8 Å². The summed E-state index contributed by atoms with van der Waals surface area (Å²) in [6.07, 6.45) is 6.08. The Balaban J connectivity index is 1.79. The summed E-state index contributed by atoms with van der Waals surface area (Å²) in [6.45, 7) is 0. The molecule has 0 radical (unpaired) electrons. The van der Waals surface area contributed by atoms with Crippen LogP contribution in [0.1, 0.15) is 35.8 Å². The topological polar surface area (TPSA) is 130 Å². The van der Waals surface area contributed by atoms with Crippen LogP contribution < -0.4 is 10.3 Å². The molecule has 3 aromatic heterocycles. The maximum atomic E-state index is 12.8. The number of carboxylic acid groups (broad SMARTS) is 1. The van der Waals surface area contributed by atoms with Gasteiger partial charge in [-0.25, -0.2) is 24.4 Å². The molecular formula is C20H19N7O4. The number of nitrogens with zero attached hydrogens (tertiary/aromatic N) is 7. The number of imidazole rings is 1. The normalized spacial score (nSPS) is 14.0. The molecule has 11 nitrogen and oxygen atoms in total. The van der Waals surface area contributed by atoms with Crippen molar-refractivity contribution in [2.75, 3.05) is 7.11 Å². The van der Waals surface area contributed by atoms with E-state index in [9.17, 15) is 14.7 Å². The highest BCUT2D eigenvalue weighted by Crippen LogP contribution is 2.38. The monoisotopic (exact) mass is 421 g/mol. The number of ether oxygens (including phenoxy) is 1. The number of hydrogen-bond donors (Lipinski definition) is 1. The van der Waals surface area contributed by atoms with E-state index in [1.807, 2.05) is 22.8 Å². The number of carbonyl (C=O) groups is 1. The fraction of sp³-hybridized carbons (Fsp3) is 0.300. The molecule has 0 saturated heterocycles. The predicted molar refractivity (Wildman–Crippen MR) is 110 cm³/mol. The molecule has 31 heavy (non-hydrogen) atoms. The molecule has 1 aliphatic rings. The van der Waals surface area contributed by atoms with E-state index in [1.165, 1.54) is 25.1 Å². The number of rotatable bonds is 5. The molecule has 1 N–H and O–H groups in total. The molecule has 0 unspecified atom stereocenters. The van der Waals surface area contributed by atoms with Crippen LogP contribution >= 0.6 is 0 Å². The average Bonchev–Trinajstić information content (AvgIpc) is 3.37. The van der Waals surface area contributed by atoms with E-state index in [4.69, 9.17) is 9.72 Å². The molecule has 1 aliphatic carbocycles.